The summed E-state index contributed by atoms with van der Waals surface area (Å²) in [4.78, 5) is 0. The van der Waals surface area contributed by atoms with Crippen molar-refractivity contribution in [3.8, 4) is 0 Å². The number of nitrogens with zero attached hydrogens (tertiary/aromatic N) is 2. The number of anilines is 2. The average Bonchev–Trinajstić information content (AvgIpc) is 2.83. The van der Waals surface area contributed by atoms with Crippen molar-refractivity contribution in [1.82, 2.24) is 20.4 Å². The van der Waals surface area contributed by atoms with Crippen molar-refractivity contribution < 1.29 is 0 Å². The van der Waals surface area contributed by atoms with Crippen molar-refractivity contribution >= 4 is 11.6 Å². The summed E-state index contributed by atoms with van der Waals surface area (Å²) in [6.45, 7) is 5.55. The van der Waals surface area contributed by atoms with Crippen molar-refractivity contribution in [1.29, 1.82) is 0 Å². The van der Waals surface area contributed by atoms with E-state index < -0.39 is 0 Å². The van der Waals surface area contributed by atoms with Crippen LogP contribution in [0, 0.1) is 13.8 Å². The Hall–Kier alpha value is -1.98. The van der Waals surface area contributed by atoms with Gasteiger partial charge in [-0.25, -0.2) is 0 Å². The molecule has 0 amide bonds. The van der Waals surface area contributed by atoms with Gasteiger partial charge in [0.15, 0.2) is 0 Å². The van der Waals surface area contributed by atoms with Gasteiger partial charge in [0, 0.05) is 36.6 Å². The summed E-state index contributed by atoms with van der Waals surface area (Å²) >= 11 is 0. The summed E-state index contributed by atoms with van der Waals surface area (Å²) in [6.07, 6.45) is 0. The number of aromatic amines is 2. The van der Waals surface area contributed by atoms with Crippen LogP contribution in [0.15, 0.2) is 12.1 Å². The Morgan fingerprint density at radius 1 is 0.938 bits per heavy atom. The van der Waals surface area contributed by atoms with Crippen LogP contribution in [0.5, 0.6) is 0 Å². The first-order valence-electron chi connectivity index (χ1n) is 5.26. The third-order valence-corrected chi connectivity index (χ3v) is 2.15. The maximum absolute atomic E-state index is 4.08. The predicted molar refractivity (Wildman–Crippen MR) is 63.6 cm³/mol. The minimum atomic E-state index is 0.802. The van der Waals surface area contributed by atoms with E-state index in [9.17, 15) is 0 Å². The molecule has 86 valence electrons. The zero-order valence-electron chi connectivity index (χ0n) is 9.46. The molecule has 0 bridgehead atoms. The Bertz CT molecular complexity index is 401. The number of aromatic nitrogens is 4. The van der Waals surface area contributed by atoms with Gasteiger partial charge in [0.25, 0.3) is 0 Å². The topological polar surface area (TPSA) is 81.4 Å². The smallest absolute Gasteiger partial charge is 0.148 e. The summed E-state index contributed by atoms with van der Waals surface area (Å²) < 4.78 is 0. The normalized spacial score (nSPS) is 10.4. The van der Waals surface area contributed by atoms with Gasteiger partial charge >= 0.3 is 0 Å². The number of H-pyrrole nitrogens is 2. The average molecular weight is 220 g/mol. The molecule has 0 aliphatic carbocycles. The molecule has 2 aromatic heterocycles. The maximum atomic E-state index is 4.08. The molecule has 0 unspecified atom stereocenters. The summed E-state index contributed by atoms with van der Waals surface area (Å²) in [5, 5.41) is 20.3. The van der Waals surface area contributed by atoms with Crippen LogP contribution in [0.25, 0.3) is 0 Å². The van der Waals surface area contributed by atoms with E-state index >= 15 is 0 Å². The van der Waals surface area contributed by atoms with Crippen molar-refractivity contribution in [3.63, 3.8) is 0 Å². The highest BCUT2D eigenvalue weighted by Gasteiger charge is 1.97. The van der Waals surface area contributed by atoms with E-state index in [2.05, 4.69) is 31.0 Å². The second-order valence-electron chi connectivity index (χ2n) is 3.73. The number of aryl methyl sites for hydroxylation is 2. The molecular formula is C10H16N6. The van der Waals surface area contributed by atoms with Gasteiger partial charge in [0.2, 0.25) is 0 Å². The van der Waals surface area contributed by atoms with Gasteiger partial charge in [-0.05, 0) is 13.8 Å². The first kappa shape index (κ1) is 10.5. The van der Waals surface area contributed by atoms with Crippen LogP contribution in [0.2, 0.25) is 0 Å². The van der Waals surface area contributed by atoms with Crippen molar-refractivity contribution in [2.75, 3.05) is 23.7 Å². The summed E-state index contributed by atoms with van der Waals surface area (Å²) in [5.74, 6) is 1.75. The monoisotopic (exact) mass is 220 g/mol. The highest BCUT2D eigenvalue weighted by atomic mass is 15.2. The predicted octanol–water partition coefficient (Wildman–Crippen LogP) is 1.27. The molecule has 0 radical (unpaired) electrons. The van der Waals surface area contributed by atoms with Crippen LogP contribution in [0.3, 0.4) is 0 Å². The molecule has 0 aliphatic rings. The third-order valence-electron chi connectivity index (χ3n) is 2.15. The molecule has 6 heteroatoms. The Balaban J connectivity index is 1.69. The van der Waals surface area contributed by atoms with Crippen molar-refractivity contribution in [3.05, 3.63) is 23.5 Å². The minimum Gasteiger partial charge on any atom is -0.367 e. The fourth-order valence-corrected chi connectivity index (χ4v) is 1.40. The van der Waals surface area contributed by atoms with Crippen molar-refractivity contribution in [2.24, 2.45) is 0 Å². The molecule has 0 saturated heterocycles. The van der Waals surface area contributed by atoms with E-state index in [0.29, 0.717) is 0 Å². The molecule has 16 heavy (non-hydrogen) atoms. The van der Waals surface area contributed by atoms with Crippen LogP contribution in [-0.2, 0) is 0 Å². The van der Waals surface area contributed by atoms with E-state index in [4.69, 9.17) is 0 Å². The van der Waals surface area contributed by atoms with E-state index in [1.54, 1.807) is 0 Å². The quantitative estimate of drug-likeness (QED) is 0.572. The van der Waals surface area contributed by atoms with Gasteiger partial charge in [0.05, 0.1) is 0 Å². The molecule has 0 atom stereocenters. The number of rotatable bonds is 5. The Morgan fingerprint density at radius 2 is 1.38 bits per heavy atom. The standard InChI is InChI=1S/C10H16N6/c1-7-5-9(15-13-7)11-3-4-12-10-6-8(2)14-16-10/h5-6H,3-4H2,1-2H3,(H2,11,13,15)(H2,12,14,16). The maximum Gasteiger partial charge on any atom is 0.148 e. The lowest BCUT2D eigenvalue weighted by atomic mass is 10.4. The first-order chi connectivity index (χ1) is 7.74. The van der Waals surface area contributed by atoms with Crippen LogP contribution in [0.1, 0.15) is 11.4 Å². The molecule has 0 spiro atoms. The number of hydrogen-bond donors (Lipinski definition) is 4. The zero-order chi connectivity index (χ0) is 11.4. The lowest BCUT2D eigenvalue weighted by Crippen LogP contribution is -2.13. The van der Waals surface area contributed by atoms with Gasteiger partial charge in [0.1, 0.15) is 11.6 Å². The minimum absolute atomic E-state index is 0.802. The van der Waals surface area contributed by atoms with Crippen LogP contribution in [-0.4, -0.2) is 33.5 Å². The first-order valence-corrected chi connectivity index (χ1v) is 5.26. The van der Waals surface area contributed by atoms with E-state index in [-0.39, 0.29) is 0 Å². The SMILES string of the molecule is Cc1cc(NCCNc2cc(C)[nH]n2)n[nH]1. The van der Waals surface area contributed by atoms with Crippen LogP contribution >= 0.6 is 0 Å². The molecule has 0 aromatic carbocycles. The molecule has 2 heterocycles. The van der Waals surface area contributed by atoms with Gasteiger partial charge in [-0.15, -0.1) is 0 Å². The van der Waals surface area contributed by atoms with Crippen molar-refractivity contribution in [2.45, 2.75) is 13.8 Å². The fourth-order valence-electron chi connectivity index (χ4n) is 1.40. The Kier molecular flexibility index (Phi) is 3.09. The largest absolute Gasteiger partial charge is 0.367 e. The van der Waals surface area contributed by atoms with E-state index in [1.165, 1.54) is 0 Å². The van der Waals surface area contributed by atoms with E-state index in [0.717, 1.165) is 36.1 Å². The molecule has 0 aliphatic heterocycles. The van der Waals surface area contributed by atoms with Crippen LogP contribution < -0.4 is 10.6 Å². The van der Waals surface area contributed by atoms with Gasteiger partial charge in [-0.2, -0.15) is 10.2 Å². The number of nitrogens with one attached hydrogen (secondary N) is 4. The molecular weight excluding hydrogens is 204 g/mol. The fraction of sp³-hybridized carbons (Fsp3) is 0.400. The summed E-state index contributed by atoms with van der Waals surface area (Å²) in [5.41, 5.74) is 2.11. The Labute approximate surface area is 93.8 Å². The highest BCUT2D eigenvalue weighted by Crippen LogP contribution is 2.04. The zero-order valence-corrected chi connectivity index (χ0v) is 9.46. The van der Waals surface area contributed by atoms with Crippen LogP contribution in [0.4, 0.5) is 11.6 Å². The van der Waals surface area contributed by atoms with Gasteiger partial charge in [-0.3, -0.25) is 10.2 Å². The lowest BCUT2D eigenvalue weighted by Gasteiger charge is -2.03. The lowest BCUT2D eigenvalue weighted by molar-refractivity contribution is 0.996. The number of hydrogen-bond acceptors (Lipinski definition) is 4. The summed E-state index contributed by atoms with van der Waals surface area (Å²) in [6, 6.07) is 3.94. The Morgan fingerprint density at radius 3 is 1.69 bits per heavy atom. The molecule has 4 N–H and O–H groups in total. The van der Waals surface area contributed by atoms with Gasteiger partial charge < -0.3 is 10.6 Å². The molecule has 0 saturated carbocycles. The van der Waals surface area contributed by atoms with Gasteiger partial charge in [-0.1, -0.05) is 0 Å². The highest BCUT2D eigenvalue weighted by molar-refractivity contribution is 5.37. The summed E-state index contributed by atoms with van der Waals surface area (Å²) in [7, 11) is 0. The molecule has 2 rings (SSSR count). The second-order valence-corrected chi connectivity index (χ2v) is 3.73. The molecule has 6 nitrogen and oxygen atoms in total. The molecule has 2 aromatic rings. The second kappa shape index (κ2) is 4.69. The third kappa shape index (κ3) is 2.75. The molecule has 0 fully saturated rings. The van der Waals surface area contributed by atoms with E-state index in [1.807, 2.05) is 26.0 Å².